The summed E-state index contributed by atoms with van der Waals surface area (Å²) in [5.41, 5.74) is 1.50. The maximum atomic E-state index is 11.8. The first-order chi connectivity index (χ1) is 8.69. The number of methoxy groups -OCH3 is 1. The first kappa shape index (κ1) is 12.6. The molecule has 0 aliphatic heterocycles. The second-order valence-electron chi connectivity index (χ2n) is 3.77. The van der Waals surface area contributed by atoms with Gasteiger partial charge in [-0.1, -0.05) is 0 Å². The molecule has 2 rings (SSSR count). The number of aromatic nitrogens is 1. The summed E-state index contributed by atoms with van der Waals surface area (Å²) in [6.45, 7) is 2.40. The monoisotopic (exact) mass is 262 g/mol. The molecule has 1 amide bonds. The van der Waals surface area contributed by atoms with Crippen molar-refractivity contribution in [2.24, 2.45) is 0 Å². The van der Waals surface area contributed by atoms with E-state index in [9.17, 15) is 4.79 Å². The Hall–Kier alpha value is -1.88. The van der Waals surface area contributed by atoms with Gasteiger partial charge < -0.3 is 10.1 Å². The Morgan fingerprint density at radius 2 is 2.11 bits per heavy atom. The van der Waals surface area contributed by atoms with Crippen molar-refractivity contribution >= 4 is 17.2 Å². The number of hydrogen-bond acceptors (Lipinski definition) is 4. The molecule has 0 atom stereocenters. The quantitative estimate of drug-likeness (QED) is 0.920. The van der Waals surface area contributed by atoms with Gasteiger partial charge in [0.25, 0.3) is 5.91 Å². The van der Waals surface area contributed by atoms with Crippen molar-refractivity contribution in [3.05, 3.63) is 45.9 Å². The molecular formula is C13H14N2O2S. The Bertz CT molecular complexity index is 534. The second kappa shape index (κ2) is 5.64. The predicted molar refractivity (Wildman–Crippen MR) is 71.0 cm³/mol. The molecule has 1 N–H and O–H groups in total. The van der Waals surface area contributed by atoms with E-state index in [1.807, 2.05) is 12.3 Å². The Balaban J connectivity index is 1.94. The highest BCUT2D eigenvalue weighted by molar-refractivity contribution is 7.09. The van der Waals surface area contributed by atoms with E-state index in [1.165, 1.54) is 0 Å². The molecule has 0 unspecified atom stereocenters. The van der Waals surface area contributed by atoms with Gasteiger partial charge in [0.2, 0.25) is 0 Å². The van der Waals surface area contributed by atoms with Crippen molar-refractivity contribution in [2.75, 3.05) is 7.11 Å². The van der Waals surface area contributed by atoms with Crippen LogP contribution >= 0.6 is 11.3 Å². The van der Waals surface area contributed by atoms with Gasteiger partial charge in [-0.2, -0.15) is 0 Å². The number of benzene rings is 1. The molecule has 5 heteroatoms. The van der Waals surface area contributed by atoms with Crippen LogP contribution in [-0.4, -0.2) is 18.0 Å². The van der Waals surface area contributed by atoms with Crippen LogP contribution in [0.1, 0.15) is 21.1 Å². The molecule has 2 aromatic rings. The number of carbonyl (C=O) groups is 1. The Morgan fingerprint density at radius 3 is 2.67 bits per heavy atom. The molecule has 18 heavy (non-hydrogen) atoms. The average molecular weight is 262 g/mol. The zero-order valence-electron chi connectivity index (χ0n) is 10.3. The third-order valence-electron chi connectivity index (χ3n) is 2.45. The highest BCUT2D eigenvalue weighted by atomic mass is 32.1. The SMILES string of the molecule is COc1ccc(C(=O)NCc2csc(C)n2)cc1. The van der Waals surface area contributed by atoms with E-state index in [2.05, 4.69) is 10.3 Å². The Labute approximate surface area is 110 Å². The molecular weight excluding hydrogens is 248 g/mol. The van der Waals surface area contributed by atoms with Crippen LogP contribution in [-0.2, 0) is 6.54 Å². The van der Waals surface area contributed by atoms with Crippen LogP contribution in [0.25, 0.3) is 0 Å². The summed E-state index contributed by atoms with van der Waals surface area (Å²) in [4.78, 5) is 16.1. The van der Waals surface area contributed by atoms with Crippen LogP contribution in [0.3, 0.4) is 0 Å². The van der Waals surface area contributed by atoms with Gasteiger partial charge in [-0.05, 0) is 31.2 Å². The molecule has 0 bridgehead atoms. The van der Waals surface area contributed by atoms with E-state index in [4.69, 9.17) is 4.74 Å². The van der Waals surface area contributed by atoms with Crippen LogP contribution in [0, 0.1) is 6.92 Å². The standard InChI is InChI=1S/C13H14N2O2S/c1-9-15-11(8-18-9)7-14-13(16)10-3-5-12(17-2)6-4-10/h3-6,8H,7H2,1-2H3,(H,14,16). The largest absolute Gasteiger partial charge is 0.497 e. The Morgan fingerprint density at radius 1 is 1.39 bits per heavy atom. The van der Waals surface area contributed by atoms with Crippen molar-refractivity contribution in [3.63, 3.8) is 0 Å². The number of amides is 1. The van der Waals surface area contributed by atoms with Crippen molar-refractivity contribution in [3.8, 4) is 5.75 Å². The number of rotatable bonds is 4. The maximum absolute atomic E-state index is 11.8. The number of hydrogen-bond donors (Lipinski definition) is 1. The zero-order chi connectivity index (χ0) is 13.0. The summed E-state index contributed by atoms with van der Waals surface area (Å²) < 4.78 is 5.04. The predicted octanol–water partition coefficient (Wildman–Crippen LogP) is 2.39. The molecule has 0 spiro atoms. The minimum Gasteiger partial charge on any atom is -0.497 e. The van der Waals surface area contributed by atoms with Crippen LogP contribution < -0.4 is 10.1 Å². The summed E-state index contributed by atoms with van der Waals surface area (Å²) in [7, 11) is 1.60. The lowest BCUT2D eigenvalue weighted by atomic mass is 10.2. The number of nitrogens with one attached hydrogen (secondary N) is 1. The fourth-order valence-corrected chi connectivity index (χ4v) is 2.12. The Kier molecular flexibility index (Phi) is 3.94. The second-order valence-corrected chi connectivity index (χ2v) is 4.83. The minimum absolute atomic E-state index is 0.108. The van der Waals surface area contributed by atoms with Crippen LogP contribution in [0.5, 0.6) is 5.75 Å². The number of aryl methyl sites for hydroxylation is 1. The molecule has 1 aromatic carbocycles. The highest BCUT2D eigenvalue weighted by Gasteiger charge is 2.06. The molecule has 0 saturated heterocycles. The topological polar surface area (TPSA) is 51.2 Å². The van der Waals surface area contributed by atoms with Crippen molar-refractivity contribution in [1.29, 1.82) is 0 Å². The van der Waals surface area contributed by atoms with Gasteiger partial charge in [0, 0.05) is 10.9 Å². The van der Waals surface area contributed by atoms with E-state index in [1.54, 1.807) is 42.7 Å². The summed E-state index contributed by atoms with van der Waals surface area (Å²) in [6.07, 6.45) is 0. The lowest BCUT2D eigenvalue weighted by Crippen LogP contribution is -2.22. The molecule has 0 saturated carbocycles. The number of thiazole rings is 1. The van der Waals surface area contributed by atoms with E-state index in [0.717, 1.165) is 16.5 Å². The van der Waals surface area contributed by atoms with E-state index >= 15 is 0 Å². The number of nitrogens with zero attached hydrogens (tertiary/aromatic N) is 1. The van der Waals surface area contributed by atoms with Gasteiger partial charge in [-0.25, -0.2) is 4.98 Å². The summed E-state index contributed by atoms with van der Waals surface area (Å²) >= 11 is 1.58. The van der Waals surface area contributed by atoms with Gasteiger partial charge in [0.15, 0.2) is 0 Å². The van der Waals surface area contributed by atoms with Gasteiger partial charge in [-0.3, -0.25) is 4.79 Å². The maximum Gasteiger partial charge on any atom is 0.251 e. The fraction of sp³-hybridized carbons (Fsp3) is 0.231. The van der Waals surface area contributed by atoms with Gasteiger partial charge in [0.1, 0.15) is 5.75 Å². The normalized spacial score (nSPS) is 10.1. The van der Waals surface area contributed by atoms with Crippen molar-refractivity contribution < 1.29 is 9.53 Å². The van der Waals surface area contributed by atoms with Crippen molar-refractivity contribution in [2.45, 2.75) is 13.5 Å². The minimum atomic E-state index is -0.108. The first-order valence-electron chi connectivity index (χ1n) is 5.52. The summed E-state index contributed by atoms with van der Waals surface area (Å²) in [5, 5.41) is 5.78. The van der Waals surface area contributed by atoms with E-state index < -0.39 is 0 Å². The smallest absolute Gasteiger partial charge is 0.251 e. The van der Waals surface area contributed by atoms with E-state index in [0.29, 0.717) is 12.1 Å². The molecule has 1 aromatic heterocycles. The molecule has 0 fully saturated rings. The first-order valence-corrected chi connectivity index (χ1v) is 6.40. The molecule has 0 aliphatic carbocycles. The number of carbonyl (C=O) groups excluding carboxylic acids is 1. The van der Waals surface area contributed by atoms with Crippen molar-refractivity contribution in [1.82, 2.24) is 10.3 Å². The molecule has 94 valence electrons. The summed E-state index contributed by atoms with van der Waals surface area (Å²) in [5.74, 6) is 0.630. The third-order valence-corrected chi connectivity index (χ3v) is 3.27. The average Bonchev–Trinajstić information content (AvgIpc) is 2.82. The lowest BCUT2D eigenvalue weighted by Gasteiger charge is -2.04. The zero-order valence-corrected chi connectivity index (χ0v) is 11.1. The third kappa shape index (κ3) is 3.07. The van der Waals surface area contributed by atoms with Gasteiger partial charge in [-0.15, -0.1) is 11.3 Å². The van der Waals surface area contributed by atoms with E-state index in [-0.39, 0.29) is 5.91 Å². The van der Waals surface area contributed by atoms with Crippen LogP contribution in [0.4, 0.5) is 0 Å². The summed E-state index contributed by atoms with van der Waals surface area (Å²) in [6, 6.07) is 7.00. The molecule has 0 radical (unpaired) electrons. The highest BCUT2D eigenvalue weighted by Crippen LogP contribution is 2.11. The molecule has 0 aliphatic rings. The van der Waals surface area contributed by atoms with Crippen LogP contribution in [0.2, 0.25) is 0 Å². The van der Waals surface area contributed by atoms with Gasteiger partial charge >= 0.3 is 0 Å². The lowest BCUT2D eigenvalue weighted by molar-refractivity contribution is 0.0950. The number of ether oxygens (including phenoxy) is 1. The molecule has 4 nitrogen and oxygen atoms in total. The molecule has 1 heterocycles. The van der Waals surface area contributed by atoms with Gasteiger partial charge in [0.05, 0.1) is 24.4 Å². The fourth-order valence-electron chi connectivity index (χ4n) is 1.50. The van der Waals surface area contributed by atoms with Crippen LogP contribution in [0.15, 0.2) is 29.6 Å².